The van der Waals surface area contributed by atoms with Crippen LogP contribution in [0, 0.1) is 17.3 Å². The van der Waals surface area contributed by atoms with E-state index < -0.39 is 0 Å². The molecule has 0 saturated carbocycles. The summed E-state index contributed by atoms with van der Waals surface area (Å²) in [5, 5.41) is 5.74. The van der Waals surface area contributed by atoms with Gasteiger partial charge in [-0.1, -0.05) is 27.7 Å². The first kappa shape index (κ1) is 21.2. The Morgan fingerprint density at radius 1 is 1.14 bits per heavy atom. The number of nitrogens with one attached hydrogen (secondary N) is 1. The summed E-state index contributed by atoms with van der Waals surface area (Å²) in [5.74, 6) is 0.991. The topological polar surface area (TPSA) is 65.5 Å². The maximum atomic E-state index is 12.6. The predicted molar refractivity (Wildman–Crippen MR) is 113 cm³/mol. The fourth-order valence-electron chi connectivity index (χ4n) is 3.91. The number of rotatable bonds is 4. The molecule has 0 radical (unpaired) electrons. The number of piperidine rings is 2. The van der Waals surface area contributed by atoms with E-state index in [1.54, 1.807) is 0 Å². The van der Waals surface area contributed by atoms with E-state index in [-0.39, 0.29) is 23.1 Å². The van der Waals surface area contributed by atoms with Gasteiger partial charge in [0.25, 0.3) is 0 Å². The number of nitrogens with zero attached hydrogens (tertiary/aromatic N) is 3. The summed E-state index contributed by atoms with van der Waals surface area (Å²) in [6.07, 6.45) is 3.95. The Morgan fingerprint density at radius 3 is 2.39 bits per heavy atom. The van der Waals surface area contributed by atoms with Crippen molar-refractivity contribution in [3.8, 4) is 0 Å². The van der Waals surface area contributed by atoms with Gasteiger partial charge in [0.15, 0.2) is 5.13 Å². The summed E-state index contributed by atoms with van der Waals surface area (Å²) in [4.78, 5) is 34.0. The molecule has 156 valence electrons. The van der Waals surface area contributed by atoms with Crippen molar-refractivity contribution in [2.24, 2.45) is 17.3 Å². The molecule has 2 saturated heterocycles. The number of likely N-dealkylation sites (tertiary alicyclic amines) is 2. The largest absolute Gasteiger partial charge is 0.342 e. The van der Waals surface area contributed by atoms with Crippen molar-refractivity contribution in [1.82, 2.24) is 14.8 Å². The molecule has 0 unspecified atom stereocenters. The van der Waals surface area contributed by atoms with Gasteiger partial charge in [-0.2, -0.15) is 0 Å². The van der Waals surface area contributed by atoms with Gasteiger partial charge in [-0.25, -0.2) is 4.98 Å². The lowest BCUT2D eigenvalue weighted by atomic mass is 9.91. The Morgan fingerprint density at radius 2 is 1.79 bits per heavy atom. The molecule has 3 rings (SSSR count). The molecule has 2 fully saturated rings. The van der Waals surface area contributed by atoms with E-state index in [0.29, 0.717) is 18.2 Å². The molecule has 0 spiro atoms. The first-order valence-corrected chi connectivity index (χ1v) is 11.4. The molecule has 0 aromatic carbocycles. The first-order chi connectivity index (χ1) is 13.2. The quantitative estimate of drug-likeness (QED) is 0.830. The minimum Gasteiger partial charge on any atom is -0.342 e. The second-order valence-electron chi connectivity index (χ2n) is 9.41. The molecule has 1 N–H and O–H groups in total. The van der Waals surface area contributed by atoms with Crippen molar-refractivity contribution in [2.75, 3.05) is 31.5 Å². The molecular formula is C21H34N4O2S. The van der Waals surface area contributed by atoms with E-state index in [2.05, 4.69) is 27.5 Å². The van der Waals surface area contributed by atoms with Gasteiger partial charge in [0.2, 0.25) is 11.8 Å². The second-order valence-corrected chi connectivity index (χ2v) is 10.3. The highest BCUT2D eigenvalue weighted by atomic mass is 32.1. The molecular weight excluding hydrogens is 372 g/mol. The third-order valence-corrected chi connectivity index (χ3v) is 6.64. The van der Waals surface area contributed by atoms with E-state index in [1.807, 2.05) is 25.7 Å². The number of aromatic nitrogens is 1. The normalized spacial score (nSPS) is 20.4. The molecule has 3 heterocycles. The average Bonchev–Trinajstić information content (AvgIpc) is 3.09. The highest BCUT2D eigenvalue weighted by Gasteiger charge is 2.32. The molecule has 1 aromatic rings. The smallest absolute Gasteiger partial charge is 0.229 e. The summed E-state index contributed by atoms with van der Waals surface area (Å²) >= 11 is 1.51. The van der Waals surface area contributed by atoms with Crippen LogP contribution in [0.25, 0.3) is 0 Å². The van der Waals surface area contributed by atoms with Gasteiger partial charge in [0.05, 0.1) is 5.69 Å². The lowest BCUT2D eigenvalue weighted by Crippen LogP contribution is -2.45. The van der Waals surface area contributed by atoms with Gasteiger partial charge in [-0.3, -0.25) is 14.5 Å². The van der Waals surface area contributed by atoms with E-state index in [1.165, 1.54) is 24.2 Å². The van der Waals surface area contributed by atoms with Crippen LogP contribution in [0.15, 0.2) is 5.38 Å². The summed E-state index contributed by atoms with van der Waals surface area (Å²) in [7, 11) is 0. The molecule has 0 atom stereocenters. The van der Waals surface area contributed by atoms with Crippen molar-refractivity contribution >= 4 is 28.3 Å². The van der Waals surface area contributed by atoms with Crippen molar-refractivity contribution in [3.05, 3.63) is 11.1 Å². The first-order valence-electron chi connectivity index (χ1n) is 10.5. The number of carbonyl (C=O) groups is 2. The summed E-state index contributed by atoms with van der Waals surface area (Å²) < 4.78 is 0. The van der Waals surface area contributed by atoms with Gasteiger partial charge >= 0.3 is 0 Å². The molecule has 6 nitrogen and oxygen atoms in total. The Balaban J connectivity index is 1.45. The molecule has 0 aliphatic carbocycles. The molecule has 28 heavy (non-hydrogen) atoms. The van der Waals surface area contributed by atoms with Gasteiger partial charge < -0.3 is 10.2 Å². The Labute approximate surface area is 172 Å². The Kier molecular flexibility index (Phi) is 6.76. The average molecular weight is 407 g/mol. The predicted octanol–water partition coefficient (Wildman–Crippen LogP) is 3.60. The maximum absolute atomic E-state index is 12.6. The highest BCUT2D eigenvalue weighted by Crippen LogP contribution is 2.26. The summed E-state index contributed by atoms with van der Waals surface area (Å²) in [5.41, 5.74) is 0.680. The number of hydrogen-bond donors (Lipinski definition) is 1. The third-order valence-electron chi connectivity index (χ3n) is 5.84. The molecule has 2 aliphatic rings. The summed E-state index contributed by atoms with van der Waals surface area (Å²) in [6.45, 7) is 12.6. The number of hydrogen-bond acceptors (Lipinski definition) is 5. The summed E-state index contributed by atoms with van der Waals surface area (Å²) in [6, 6.07) is 0. The van der Waals surface area contributed by atoms with Crippen LogP contribution in [0.2, 0.25) is 0 Å². The number of amides is 2. The highest BCUT2D eigenvalue weighted by molar-refractivity contribution is 7.13. The molecule has 2 aliphatic heterocycles. The zero-order chi connectivity index (χ0) is 20.3. The molecule has 0 bridgehead atoms. The standard InChI is InChI=1S/C21H34N4O2S/c1-15-5-9-24(10-6-15)13-17-14-28-20(22-17)23-18(26)16-7-11-25(12-8-16)19(27)21(2,3)4/h14-16H,5-13H2,1-4H3,(H,22,23,26). The van der Waals surface area contributed by atoms with Gasteiger partial charge in [-0.15, -0.1) is 11.3 Å². The number of anilines is 1. The fraction of sp³-hybridized carbons (Fsp3) is 0.762. The minimum atomic E-state index is -0.362. The van der Waals surface area contributed by atoms with Crippen LogP contribution in [0.3, 0.4) is 0 Å². The molecule has 1 aromatic heterocycles. The fourth-order valence-corrected chi connectivity index (χ4v) is 4.62. The van der Waals surface area contributed by atoms with Crippen LogP contribution in [-0.2, 0) is 16.1 Å². The van der Waals surface area contributed by atoms with Crippen LogP contribution < -0.4 is 5.32 Å². The van der Waals surface area contributed by atoms with Crippen molar-refractivity contribution in [3.63, 3.8) is 0 Å². The SMILES string of the molecule is CC1CCN(Cc2csc(NC(=O)C3CCN(C(=O)C(C)(C)C)CC3)n2)CC1. The van der Waals surface area contributed by atoms with Crippen LogP contribution in [0.5, 0.6) is 0 Å². The maximum Gasteiger partial charge on any atom is 0.229 e. The number of carbonyl (C=O) groups excluding carboxylic acids is 2. The van der Waals surface area contributed by atoms with Crippen LogP contribution in [0.4, 0.5) is 5.13 Å². The van der Waals surface area contributed by atoms with Gasteiger partial charge in [0.1, 0.15) is 0 Å². The molecule has 7 heteroatoms. The Bertz CT molecular complexity index is 681. The van der Waals surface area contributed by atoms with Crippen LogP contribution >= 0.6 is 11.3 Å². The zero-order valence-electron chi connectivity index (χ0n) is 17.7. The van der Waals surface area contributed by atoms with E-state index in [0.717, 1.165) is 44.1 Å². The third kappa shape index (κ3) is 5.54. The molecule has 2 amide bonds. The second kappa shape index (κ2) is 8.91. The number of thiazole rings is 1. The van der Waals surface area contributed by atoms with E-state index >= 15 is 0 Å². The van der Waals surface area contributed by atoms with Gasteiger partial charge in [-0.05, 0) is 44.7 Å². The van der Waals surface area contributed by atoms with Gasteiger partial charge in [0, 0.05) is 36.3 Å². The van der Waals surface area contributed by atoms with Crippen LogP contribution in [0.1, 0.15) is 59.1 Å². The Hall–Kier alpha value is -1.47. The van der Waals surface area contributed by atoms with Crippen LogP contribution in [-0.4, -0.2) is 52.8 Å². The van der Waals surface area contributed by atoms with E-state index in [4.69, 9.17) is 0 Å². The van der Waals surface area contributed by atoms with Crippen molar-refractivity contribution < 1.29 is 9.59 Å². The zero-order valence-corrected chi connectivity index (χ0v) is 18.5. The monoisotopic (exact) mass is 406 g/mol. The van der Waals surface area contributed by atoms with Crippen molar-refractivity contribution in [2.45, 2.75) is 59.9 Å². The van der Waals surface area contributed by atoms with Crippen molar-refractivity contribution in [1.29, 1.82) is 0 Å². The minimum absolute atomic E-state index is 0.0376. The lowest BCUT2D eigenvalue weighted by molar-refractivity contribution is -0.142. The lowest BCUT2D eigenvalue weighted by Gasteiger charge is -2.35. The van der Waals surface area contributed by atoms with E-state index in [9.17, 15) is 9.59 Å².